The van der Waals surface area contributed by atoms with Crippen molar-refractivity contribution in [2.45, 2.75) is 18.4 Å². The van der Waals surface area contributed by atoms with Crippen molar-refractivity contribution in [3.05, 3.63) is 59.7 Å². The SMILES string of the molecule is NC(=O)c1cccc(N)c1NC1CC1c1ccccc1. The van der Waals surface area contributed by atoms with E-state index in [4.69, 9.17) is 11.5 Å². The fourth-order valence-corrected chi connectivity index (χ4v) is 2.55. The average Bonchev–Trinajstić information content (AvgIpc) is 3.21. The number of amides is 1. The van der Waals surface area contributed by atoms with Gasteiger partial charge in [0.1, 0.15) is 0 Å². The van der Waals surface area contributed by atoms with Gasteiger partial charge in [-0.15, -0.1) is 0 Å². The highest BCUT2D eigenvalue weighted by atomic mass is 16.1. The molecule has 2 aromatic rings. The molecule has 5 N–H and O–H groups in total. The number of para-hydroxylation sites is 1. The summed E-state index contributed by atoms with van der Waals surface area (Å²) in [5.41, 5.74) is 14.3. The molecule has 4 nitrogen and oxygen atoms in total. The second-order valence-corrected chi connectivity index (χ2v) is 5.14. The minimum absolute atomic E-state index is 0.306. The van der Waals surface area contributed by atoms with Crippen LogP contribution in [0.3, 0.4) is 0 Å². The van der Waals surface area contributed by atoms with Gasteiger partial charge in [0.2, 0.25) is 0 Å². The maximum absolute atomic E-state index is 11.5. The highest BCUT2D eigenvalue weighted by Gasteiger charge is 2.38. The zero-order chi connectivity index (χ0) is 14.1. The van der Waals surface area contributed by atoms with Crippen LogP contribution in [0, 0.1) is 0 Å². The lowest BCUT2D eigenvalue weighted by atomic mass is 10.1. The molecule has 1 amide bonds. The average molecular weight is 267 g/mol. The van der Waals surface area contributed by atoms with Crippen molar-refractivity contribution in [2.24, 2.45) is 5.73 Å². The number of nitrogen functional groups attached to an aromatic ring is 1. The Kier molecular flexibility index (Phi) is 3.06. The number of primary amides is 1. The lowest BCUT2D eigenvalue weighted by Gasteiger charge is -2.12. The first-order valence-electron chi connectivity index (χ1n) is 6.66. The molecule has 0 bridgehead atoms. The lowest BCUT2D eigenvalue weighted by molar-refractivity contribution is 0.100. The van der Waals surface area contributed by atoms with E-state index >= 15 is 0 Å². The second kappa shape index (κ2) is 4.89. The Morgan fingerprint density at radius 1 is 1.10 bits per heavy atom. The highest BCUT2D eigenvalue weighted by molar-refractivity contribution is 6.01. The van der Waals surface area contributed by atoms with E-state index in [0.29, 0.717) is 28.9 Å². The predicted octanol–water partition coefficient (Wildman–Crippen LogP) is 2.34. The van der Waals surface area contributed by atoms with E-state index in [2.05, 4.69) is 17.4 Å². The third kappa shape index (κ3) is 2.32. The molecule has 0 aromatic heterocycles. The van der Waals surface area contributed by atoms with Gasteiger partial charge in [-0.05, 0) is 24.1 Å². The van der Waals surface area contributed by atoms with Crippen molar-refractivity contribution in [1.82, 2.24) is 0 Å². The number of benzene rings is 2. The number of nitrogens with one attached hydrogen (secondary N) is 1. The van der Waals surface area contributed by atoms with E-state index in [0.717, 1.165) is 6.42 Å². The van der Waals surface area contributed by atoms with Crippen LogP contribution in [0.4, 0.5) is 11.4 Å². The molecule has 1 saturated carbocycles. The van der Waals surface area contributed by atoms with Crippen molar-refractivity contribution in [3.8, 4) is 0 Å². The van der Waals surface area contributed by atoms with Crippen LogP contribution < -0.4 is 16.8 Å². The third-order valence-electron chi connectivity index (χ3n) is 3.71. The quantitative estimate of drug-likeness (QED) is 0.744. The summed E-state index contributed by atoms with van der Waals surface area (Å²) in [6.07, 6.45) is 1.04. The molecule has 1 aliphatic rings. The first kappa shape index (κ1) is 12.5. The standard InChI is InChI=1S/C16H17N3O/c17-13-8-4-7-11(16(18)20)15(13)19-14-9-12(14)10-5-2-1-3-6-10/h1-8,12,14,19H,9,17H2,(H2,18,20). The summed E-state index contributed by atoms with van der Waals surface area (Å²) in [4.78, 5) is 11.5. The second-order valence-electron chi connectivity index (χ2n) is 5.14. The number of nitrogens with two attached hydrogens (primary N) is 2. The molecule has 3 rings (SSSR count). The van der Waals surface area contributed by atoms with Crippen molar-refractivity contribution < 1.29 is 4.79 Å². The molecular weight excluding hydrogens is 250 g/mol. The van der Waals surface area contributed by atoms with Gasteiger partial charge in [-0.3, -0.25) is 4.79 Å². The van der Waals surface area contributed by atoms with Gasteiger partial charge in [0, 0.05) is 12.0 Å². The molecule has 20 heavy (non-hydrogen) atoms. The van der Waals surface area contributed by atoms with E-state index in [1.165, 1.54) is 5.56 Å². The molecular formula is C16H17N3O. The smallest absolute Gasteiger partial charge is 0.250 e. The molecule has 2 aromatic carbocycles. The molecule has 1 aliphatic carbocycles. The molecule has 0 saturated heterocycles. The van der Waals surface area contributed by atoms with E-state index in [-0.39, 0.29) is 0 Å². The molecule has 0 spiro atoms. The molecule has 4 heteroatoms. The Balaban J connectivity index is 1.79. The molecule has 0 radical (unpaired) electrons. The molecule has 2 unspecified atom stereocenters. The van der Waals surface area contributed by atoms with Crippen molar-refractivity contribution >= 4 is 17.3 Å². The lowest BCUT2D eigenvalue weighted by Crippen LogP contribution is -2.17. The Bertz CT molecular complexity index is 639. The van der Waals surface area contributed by atoms with Crippen molar-refractivity contribution in [2.75, 3.05) is 11.1 Å². The summed E-state index contributed by atoms with van der Waals surface area (Å²) in [6, 6.07) is 15.8. The number of hydrogen-bond acceptors (Lipinski definition) is 3. The Hall–Kier alpha value is -2.49. The maximum atomic E-state index is 11.5. The number of anilines is 2. The van der Waals surface area contributed by atoms with Gasteiger partial charge in [-0.1, -0.05) is 36.4 Å². The van der Waals surface area contributed by atoms with Gasteiger partial charge in [-0.25, -0.2) is 0 Å². The summed E-state index contributed by atoms with van der Waals surface area (Å²) in [5.74, 6) is 0.00763. The zero-order valence-corrected chi connectivity index (χ0v) is 11.0. The number of carbonyl (C=O) groups is 1. The minimum Gasteiger partial charge on any atom is -0.397 e. The van der Waals surface area contributed by atoms with Crippen LogP contribution in [0.2, 0.25) is 0 Å². The van der Waals surface area contributed by atoms with Crippen LogP contribution in [0.15, 0.2) is 48.5 Å². The summed E-state index contributed by atoms with van der Waals surface area (Å²) in [5, 5.41) is 3.36. The zero-order valence-electron chi connectivity index (χ0n) is 11.0. The van der Waals surface area contributed by atoms with Gasteiger partial charge in [0.05, 0.1) is 16.9 Å². The van der Waals surface area contributed by atoms with Crippen molar-refractivity contribution in [3.63, 3.8) is 0 Å². The van der Waals surface area contributed by atoms with Gasteiger partial charge in [0.15, 0.2) is 0 Å². The molecule has 0 aliphatic heterocycles. The third-order valence-corrected chi connectivity index (χ3v) is 3.71. The topological polar surface area (TPSA) is 81.1 Å². The number of rotatable bonds is 4. The number of carbonyl (C=O) groups excluding carboxylic acids is 1. The largest absolute Gasteiger partial charge is 0.397 e. The molecule has 2 atom stereocenters. The number of hydrogen-bond donors (Lipinski definition) is 3. The molecule has 1 fully saturated rings. The van der Waals surface area contributed by atoms with Gasteiger partial charge in [0.25, 0.3) is 5.91 Å². The van der Waals surface area contributed by atoms with E-state index in [9.17, 15) is 4.79 Å². The molecule has 0 heterocycles. The van der Waals surface area contributed by atoms with Crippen LogP contribution in [0.25, 0.3) is 0 Å². The summed E-state index contributed by atoms with van der Waals surface area (Å²) in [6.45, 7) is 0. The van der Waals surface area contributed by atoms with Crippen LogP contribution >= 0.6 is 0 Å². The fourth-order valence-electron chi connectivity index (χ4n) is 2.55. The van der Waals surface area contributed by atoms with E-state index in [1.54, 1.807) is 18.2 Å². The van der Waals surface area contributed by atoms with Gasteiger partial charge in [-0.2, -0.15) is 0 Å². The van der Waals surface area contributed by atoms with Crippen LogP contribution in [-0.4, -0.2) is 11.9 Å². The molecule has 102 valence electrons. The van der Waals surface area contributed by atoms with Crippen LogP contribution in [0.5, 0.6) is 0 Å². The predicted molar refractivity (Wildman–Crippen MR) is 80.6 cm³/mol. The van der Waals surface area contributed by atoms with E-state index < -0.39 is 5.91 Å². The summed E-state index contributed by atoms with van der Waals surface area (Å²) in [7, 11) is 0. The Morgan fingerprint density at radius 2 is 1.85 bits per heavy atom. The van der Waals surface area contributed by atoms with Crippen LogP contribution in [0.1, 0.15) is 28.3 Å². The monoisotopic (exact) mass is 267 g/mol. The maximum Gasteiger partial charge on any atom is 0.250 e. The first-order chi connectivity index (χ1) is 9.66. The van der Waals surface area contributed by atoms with Gasteiger partial charge < -0.3 is 16.8 Å². The van der Waals surface area contributed by atoms with E-state index in [1.807, 2.05) is 18.2 Å². The fraction of sp³-hybridized carbons (Fsp3) is 0.188. The highest BCUT2D eigenvalue weighted by Crippen LogP contribution is 2.43. The first-order valence-corrected chi connectivity index (χ1v) is 6.66. The van der Waals surface area contributed by atoms with Gasteiger partial charge >= 0.3 is 0 Å². The summed E-state index contributed by atoms with van der Waals surface area (Å²) >= 11 is 0. The van der Waals surface area contributed by atoms with Crippen molar-refractivity contribution in [1.29, 1.82) is 0 Å². The van der Waals surface area contributed by atoms with Crippen LogP contribution in [-0.2, 0) is 0 Å². The summed E-state index contributed by atoms with van der Waals surface area (Å²) < 4.78 is 0. The normalized spacial score (nSPS) is 20.4. The minimum atomic E-state index is -0.461. The Labute approximate surface area is 117 Å². The Morgan fingerprint density at radius 3 is 2.55 bits per heavy atom.